The molecular formula is C18H27N3O8. The molecule has 3 rings (SSSR count). The van der Waals surface area contributed by atoms with E-state index >= 15 is 0 Å². The van der Waals surface area contributed by atoms with Crippen LogP contribution in [0.2, 0.25) is 0 Å². The highest BCUT2D eigenvalue weighted by Crippen LogP contribution is 2.32. The van der Waals surface area contributed by atoms with Crippen LogP contribution in [0, 0.1) is 0 Å². The summed E-state index contributed by atoms with van der Waals surface area (Å²) in [6.45, 7) is 3.51. The van der Waals surface area contributed by atoms with Gasteiger partial charge in [0.05, 0.1) is 11.9 Å². The number of rotatable bonds is 6. The summed E-state index contributed by atoms with van der Waals surface area (Å²) in [5.74, 6) is -3.68. The van der Waals surface area contributed by atoms with Crippen molar-refractivity contribution in [2.24, 2.45) is 0 Å². The molecule has 3 heterocycles. The fraction of sp³-hybridized carbons (Fsp3) is 0.611. The minimum Gasteiger partial charge on any atom is -0.479 e. The molecule has 0 saturated carbocycles. The summed E-state index contributed by atoms with van der Waals surface area (Å²) in [6.07, 6.45) is -1.53. The lowest BCUT2D eigenvalue weighted by Crippen LogP contribution is -2.49. The Labute approximate surface area is 167 Å². The molecule has 1 spiro atoms. The number of nitrogens with one attached hydrogen (secondary N) is 1. The molecule has 11 nitrogen and oxygen atoms in total. The van der Waals surface area contributed by atoms with E-state index in [1.54, 1.807) is 0 Å². The maximum Gasteiger partial charge on any atom is 0.335 e. The molecule has 2 aliphatic heterocycles. The number of hydrogen-bond donors (Lipinski definition) is 7. The zero-order valence-corrected chi connectivity index (χ0v) is 15.8. The predicted molar refractivity (Wildman–Crippen MR) is 100 cm³/mol. The van der Waals surface area contributed by atoms with Crippen LogP contribution in [0.3, 0.4) is 0 Å². The van der Waals surface area contributed by atoms with Crippen molar-refractivity contribution >= 4 is 17.6 Å². The van der Waals surface area contributed by atoms with Gasteiger partial charge in [-0.25, -0.2) is 9.59 Å². The normalized spacial score (nSPS) is 25.0. The predicted octanol–water partition coefficient (Wildman–Crippen LogP) is -1.99. The largest absolute Gasteiger partial charge is 0.479 e. The first-order chi connectivity index (χ1) is 13.7. The van der Waals surface area contributed by atoms with Crippen LogP contribution in [0.1, 0.15) is 19.3 Å². The van der Waals surface area contributed by atoms with Crippen molar-refractivity contribution in [2.75, 3.05) is 24.5 Å². The van der Waals surface area contributed by atoms with Crippen molar-refractivity contribution in [3.8, 4) is 0 Å². The van der Waals surface area contributed by atoms with E-state index in [9.17, 15) is 9.59 Å². The number of anilines is 1. The number of aliphatic carboxylic acids is 2. The van der Waals surface area contributed by atoms with E-state index in [2.05, 4.69) is 21.3 Å². The van der Waals surface area contributed by atoms with Crippen molar-refractivity contribution < 1.29 is 40.2 Å². The Hall–Kier alpha value is -2.31. The molecule has 0 unspecified atom stereocenters. The lowest BCUT2D eigenvalue weighted by Gasteiger charge is -2.25. The Bertz CT molecular complexity index is 659. The lowest BCUT2D eigenvalue weighted by molar-refractivity contribution is -0.172. The Kier molecular flexibility index (Phi) is 7.88. The first-order valence-electron chi connectivity index (χ1n) is 9.25. The third kappa shape index (κ3) is 5.84. The second-order valence-corrected chi connectivity index (χ2v) is 7.24. The van der Waals surface area contributed by atoms with Gasteiger partial charge in [-0.15, -0.1) is 0 Å². The van der Waals surface area contributed by atoms with Gasteiger partial charge in [0.15, 0.2) is 12.2 Å². The molecule has 0 aliphatic carbocycles. The molecule has 0 radical (unpaired) electrons. The number of aliphatic hydroxyl groups is 4. The van der Waals surface area contributed by atoms with E-state index in [-0.39, 0.29) is 0 Å². The summed E-state index contributed by atoms with van der Waals surface area (Å²) in [5, 5.41) is 55.1. The third-order valence-electron chi connectivity index (χ3n) is 5.20. The standard InChI is InChI=1S/C12H17N3.C6H10O8/c1-3-11(9-13-6-1)15-8-5-12(10-15)4-2-7-14-12;7-1(3(9)5(11)12)2(8)4(10)6(13)14/h1,3,6,9,14H,2,4-5,7-8,10H2;1-4,7-10H,(H,11,12)(H,13,14)/t12-;1-,2+,3+,4-/m0./s1. The Morgan fingerprint density at radius 2 is 1.69 bits per heavy atom. The molecule has 2 saturated heterocycles. The van der Waals surface area contributed by atoms with Crippen LogP contribution in [0.25, 0.3) is 0 Å². The number of carbonyl (C=O) groups is 2. The Morgan fingerprint density at radius 1 is 1.07 bits per heavy atom. The zero-order valence-electron chi connectivity index (χ0n) is 15.8. The van der Waals surface area contributed by atoms with Crippen LogP contribution in [-0.2, 0) is 9.59 Å². The number of carboxylic acid groups (broad SMARTS) is 2. The van der Waals surface area contributed by atoms with Crippen LogP contribution < -0.4 is 10.2 Å². The number of aromatic nitrogens is 1. The highest BCUT2D eigenvalue weighted by Gasteiger charge is 2.40. The quantitative estimate of drug-likeness (QED) is 0.274. The first kappa shape index (κ1) is 23.0. The van der Waals surface area contributed by atoms with Gasteiger partial charge in [-0.3, -0.25) is 4.98 Å². The second-order valence-electron chi connectivity index (χ2n) is 7.24. The molecule has 2 aliphatic rings. The van der Waals surface area contributed by atoms with Gasteiger partial charge in [0, 0.05) is 24.8 Å². The van der Waals surface area contributed by atoms with Crippen molar-refractivity contribution in [2.45, 2.75) is 49.2 Å². The van der Waals surface area contributed by atoms with Crippen LogP contribution >= 0.6 is 0 Å². The molecule has 29 heavy (non-hydrogen) atoms. The van der Waals surface area contributed by atoms with Gasteiger partial charge in [-0.2, -0.15) is 0 Å². The van der Waals surface area contributed by atoms with Gasteiger partial charge >= 0.3 is 11.9 Å². The van der Waals surface area contributed by atoms with Crippen molar-refractivity contribution in [3.63, 3.8) is 0 Å². The van der Waals surface area contributed by atoms with E-state index < -0.39 is 36.4 Å². The Balaban J connectivity index is 0.000000208. The van der Waals surface area contributed by atoms with E-state index in [0.717, 1.165) is 6.54 Å². The van der Waals surface area contributed by atoms with E-state index in [1.807, 2.05) is 18.5 Å². The summed E-state index contributed by atoms with van der Waals surface area (Å²) < 4.78 is 0. The fourth-order valence-electron chi connectivity index (χ4n) is 3.52. The molecule has 7 N–H and O–H groups in total. The summed E-state index contributed by atoms with van der Waals surface area (Å²) in [4.78, 5) is 26.8. The monoisotopic (exact) mass is 413 g/mol. The second kappa shape index (κ2) is 9.94. The van der Waals surface area contributed by atoms with Gasteiger partial charge < -0.3 is 40.9 Å². The van der Waals surface area contributed by atoms with Crippen LogP contribution in [0.15, 0.2) is 24.5 Å². The fourth-order valence-corrected chi connectivity index (χ4v) is 3.52. The highest BCUT2D eigenvalue weighted by molar-refractivity contribution is 5.75. The maximum atomic E-state index is 10.1. The molecule has 0 aromatic carbocycles. The summed E-state index contributed by atoms with van der Waals surface area (Å²) in [5.41, 5.74) is 1.68. The average molecular weight is 413 g/mol. The maximum absolute atomic E-state index is 10.1. The van der Waals surface area contributed by atoms with Gasteiger partial charge in [0.2, 0.25) is 0 Å². The molecule has 162 valence electrons. The van der Waals surface area contributed by atoms with E-state index in [1.165, 1.54) is 38.0 Å². The lowest BCUT2D eigenvalue weighted by atomic mass is 9.97. The molecule has 2 fully saturated rings. The summed E-state index contributed by atoms with van der Waals surface area (Å²) in [7, 11) is 0. The molecule has 1 aromatic rings. The minimum absolute atomic E-state index is 0.413. The minimum atomic E-state index is -2.36. The SMILES string of the molecule is O=C(O)[C@@H](O)[C@H](O)[C@H](O)[C@@H](O)C(=O)O.c1cncc(N2CC[C@@]3(CCCN3)C2)c1. The number of pyridine rings is 1. The molecular weight excluding hydrogens is 386 g/mol. The highest BCUT2D eigenvalue weighted by atomic mass is 16.4. The van der Waals surface area contributed by atoms with Gasteiger partial charge in [-0.1, -0.05) is 0 Å². The number of nitrogens with zero attached hydrogens (tertiary/aromatic N) is 2. The molecule has 1 aromatic heterocycles. The summed E-state index contributed by atoms with van der Waals surface area (Å²) >= 11 is 0. The van der Waals surface area contributed by atoms with Crippen LogP contribution in [0.4, 0.5) is 5.69 Å². The summed E-state index contributed by atoms with van der Waals surface area (Å²) in [6, 6.07) is 4.17. The van der Waals surface area contributed by atoms with E-state index in [4.69, 9.17) is 30.6 Å². The molecule has 5 atom stereocenters. The van der Waals surface area contributed by atoms with E-state index in [0.29, 0.717) is 5.54 Å². The number of carboxylic acids is 2. The van der Waals surface area contributed by atoms with Gasteiger partial charge in [0.25, 0.3) is 0 Å². The van der Waals surface area contributed by atoms with Crippen LogP contribution in [-0.4, -0.2) is 97.2 Å². The van der Waals surface area contributed by atoms with Gasteiger partial charge in [-0.05, 0) is 37.9 Å². The molecule has 0 amide bonds. The zero-order chi connectivity index (χ0) is 21.6. The first-order valence-corrected chi connectivity index (χ1v) is 9.25. The molecule has 11 heteroatoms. The third-order valence-corrected chi connectivity index (χ3v) is 5.20. The van der Waals surface area contributed by atoms with Crippen molar-refractivity contribution in [1.82, 2.24) is 10.3 Å². The van der Waals surface area contributed by atoms with Crippen molar-refractivity contribution in [3.05, 3.63) is 24.5 Å². The smallest absolute Gasteiger partial charge is 0.335 e. The number of hydrogen-bond acceptors (Lipinski definition) is 9. The Morgan fingerprint density at radius 3 is 2.14 bits per heavy atom. The topological polar surface area (TPSA) is 184 Å². The molecule has 0 bridgehead atoms. The van der Waals surface area contributed by atoms with Crippen LogP contribution in [0.5, 0.6) is 0 Å². The van der Waals surface area contributed by atoms with Gasteiger partial charge in [0.1, 0.15) is 12.2 Å². The van der Waals surface area contributed by atoms with Crippen molar-refractivity contribution in [1.29, 1.82) is 0 Å². The number of aliphatic hydroxyl groups excluding tert-OH is 4. The average Bonchev–Trinajstić information content (AvgIpc) is 3.36.